The van der Waals surface area contributed by atoms with Gasteiger partial charge in [-0.05, 0) is 32.9 Å². The molecule has 110 valence electrons. The van der Waals surface area contributed by atoms with Crippen LogP contribution >= 0.6 is 0 Å². The Balaban J connectivity index is 2.25. The Morgan fingerprint density at radius 3 is 2.71 bits per heavy atom. The van der Waals surface area contributed by atoms with Crippen molar-refractivity contribution in [3.63, 3.8) is 0 Å². The van der Waals surface area contributed by atoms with Crippen LogP contribution in [-0.4, -0.2) is 22.0 Å². The number of hydrogen-bond acceptors (Lipinski definition) is 4. The molecule has 1 aromatic heterocycles. The minimum Gasteiger partial charge on any atom is -0.489 e. The second-order valence-corrected chi connectivity index (χ2v) is 4.83. The Morgan fingerprint density at radius 1 is 1.33 bits per heavy atom. The first-order chi connectivity index (χ1) is 9.97. The molecular weight excluding hydrogens is 270 g/mol. The van der Waals surface area contributed by atoms with Crippen LogP contribution in [0.2, 0.25) is 0 Å². The summed E-state index contributed by atoms with van der Waals surface area (Å²) < 4.78 is 5.62. The molecule has 0 saturated carbocycles. The Kier molecular flexibility index (Phi) is 4.37. The largest absolute Gasteiger partial charge is 0.489 e. The molecule has 0 aliphatic rings. The quantitative estimate of drug-likeness (QED) is 0.902. The van der Waals surface area contributed by atoms with Gasteiger partial charge in [0.2, 0.25) is 0 Å². The first-order valence-electron chi connectivity index (χ1n) is 6.60. The van der Waals surface area contributed by atoms with Crippen molar-refractivity contribution in [2.45, 2.75) is 26.9 Å². The molecule has 2 aromatic rings. The molecule has 1 aromatic carbocycles. The van der Waals surface area contributed by atoms with Crippen LogP contribution in [0.15, 0.2) is 35.3 Å². The second-order valence-electron chi connectivity index (χ2n) is 4.83. The van der Waals surface area contributed by atoms with Gasteiger partial charge in [-0.1, -0.05) is 12.1 Å². The SMILES string of the molecule is Cc1ncc(C(=O)Nc2ccccc2OC(C)C)c(=O)[nH]1. The van der Waals surface area contributed by atoms with E-state index in [1.807, 2.05) is 19.9 Å². The zero-order valence-corrected chi connectivity index (χ0v) is 12.1. The van der Waals surface area contributed by atoms with Gasteiger partial charge in [-0.25, -0.2) is 4.98 Å². The third-order valence-electron chi connectivity index (χ3n) is 2.67. The number of benzene rings is 1. The number of ether oxygens (including phenoxy) is 1. The summed E-state index contributed by atoms with van der Waals surface area (Å²) in [5.74, 6) is 0.487. The van der Waals surface area contributed by atoms with Crippen LogP contribution in [0.1, 0.15) is 30.0 Å². The number of aryl methyl sites for hydroxylation is 1. The van der Waals surface area contributed by atoms with Crippen LogP contribution in [0.5, 0.6) is 5.75 Å². The van der Waals surface area contributed by atoms with Crippen molar-refractivity contribution in [1.29, 1.82) is 0 Å². The minimum absolute atomic E-state index is 0.0208. The van der Waals surface area contributed by atoms with Gasteiger partial charge in [0, 0.05) is 6.20 Å². The predicted octanol–water partition coefficient (Wildman–Crippen LogP) is 2.12. The maximum Gasteiger partial charge on any atom is 0.263 e. The van der Waals surface area contributed by atoms with Gasteiger partial charge in [-0.15, -0.1) is 0 Å². The molecule has 0 saturated heterocycles. The molecule has 1 amide bonds. The van der Waals surface area contributed by atoms with Gasteiger partial charge in [-0.2, -0.15) is 0 Å². The topological polar surface area (TPSA) is 84.1 Å². The van der Waals surface area contributed by atoms with Crippen molar-refractivity contribution in [1.82, 2.24) is 9.97 Å². The van der Waals surface area contributed by atoms with Crippen LogP contribution in [0.3, 0.4) is 0 Å². The number of aromatic amines is 1. The number of nitrogens with one attached hydrogen (secondary N) is 2. The van der Waals surface area contributed by atoms with E-state index in [0.29, 0.717) is 17.3 Å². The average molecular weight is 287 g/mol. The summed E-state index contributed by atoms with van der Waals surface area (Å²) in [6.45, 7) is 5.44. The van der Waals surface area contributed by atoms with E-state index in [1.165, 1.54) is 6.20 Å². The highest BCUT2D eigenvalue weighted by molar-refractivity contribution is 6.04. The lowest BCUT2D eigenvalue weighted by Crippen LogP contribution is -2.24. The molecule has 2 N–H and O–H groups in total. The number of hydrogen-bond donors (Lipinski definition) is 2. The normalized spacial score (nSPS) is 10.5. The van der Waals surface area contributed by atoms with E-state index < -0.39 is 11.5 Å². The third kappa shape index (κ3) is 3.68. The summed E-state index contributed by atoms with van der Waals surface area (Å²) >= 11 is 0. The zero-order chi connectivity index (χ0) is 15.4. The van der Waals surface area contributed by atoms with Gasteiger partial charge >= 0.3 is 0 Å². The number of para-hydroxylation sites is 2. The van der Waals surface area contributed by atoms with Crippen LogP contribution in [-0.2, 0) is 0 Å². The number of carbonyl (C=O) groups excluding carboxylic acids is 1. The van der Waals surface area contributed by atoms with E-state index in [9.17, 15) is 9.59 Å². The molecule has 0 bridgehead atoms. The number of anilines is 1. The van der Waals surface area contributed by atoms with Gasteiger partial charge in [0.1, 0.15) is 17.1 Å². The second kappa shape index (κ2) is 6.21. The summed E-state index contributed by atoms with van der Waals surface area (Å²) in [4.78, 5) is 30.3. The number of rotatable bonds is 4. The maximum absolute atomic E-state index is 12.2. The molecule has 0 spiro atoms. The molecule has 0 radical (unpaired) electrons. The fraction of sp³-hybridized carbons (Fsp3) is 0.267. The van der Waals surface area contributed by atoms with Crippen LogP contribution in [0.25, 0.3) is 0 Å². The molecule has 0 fully saturated rings. The van der Waals surface area contributed by atoms with E-state index in [-0.39, 0.29) is 11.7 Å². The fourth-order valence-corrected chi connectivity index (χ4v) is 1.76. The lowest BCUT2D eigenvalue weighted by Gasteiger charge is -2.14. The van der Waals surface area contributed by atoms with E-state index >= 15 is 0 Å². The summed E-state index contributed by atoms with van der Waals surface area (Å²) in [5, 5.41) is 2.67. The average Bonchev–Trinajstić information content (AvgIpc) is 2.40. The first kappa shape index (κ1) is 14.8. The standard InChI is InChI=1S/C15H17N3O3/c1-9(2)21-13-7-5-4-6-12(13)18-15(20)11-8-16-10(3)17-14(11)19/h4-9H,1-3H3,(H,18,20)(H,16,17,19). The smallest absolute Gasteiger partial charge is 0.263 e. The predicted molar refractivity (Wildman–Crippen MR) is 79.8 cm³/mol. The molecule has 6 nitrogen and oxygen atoms in total. The minimum atomic E-state index is -0.524. The van der Waals surface area contributed by atoms with Crippen molar-refractivity contribution in [2.24, 2.45) is 0 Å². The number of aromatic nitrogens is 2. The van der Waals surface area contributed by atoms with Crippen molar-refractivity contribution in [3.8, 4) is 5.75 Å². The van der Waals surface area contributed by atoms with E-state index in [4.69, 9.17) is 4.74 Å². The highest BCUT2D eigenvalue weighted by Crippen LogP contribution is 2.25. The number of carbonyl (C=O) groups is 1. The molecule has 0 aliphatic carbocycles. The van der Waals surface area contributed by atoms with Gasteiger partial charge in [0.05, 0.1) is 11.8 Å². The van der Waals surface area contributed by atoms with E-state index in [2.05, 4.69) is 15.3 Å². The lowest BCUT2D eigenvalue weighted by molar-refractivity contribution is 0.102. The number of amides is 1. The lowest BCUT2D eigenvalue weighted by atomic mass is 10.2. The van der Waals surface area contributed by atoms with Crippen LogP contribution in [0, 0.1) is 6.92 Å². The van der Waals surface area contributed by atoms with E-state index in [1.54, 1.807) is 25.1 Å². The molecule has 1 heterocycles. The summed E-state index contributed by atoms with van der Waals surface area (Å²) in [5.41, 5.74) is -0.00150. The molecule has 0 aliphatic heterocycles. The highest BCUT2D eigenvalue weighted by Gasteiger charge is 2.14. The molecule has 21 heavy (non-hydrogen) atoms. The van der Waals surface area contributed by atoms with Crippen molar-refractivity contribution in [2.75, 3.05) is 5.32 Å². The number of H-pyrrole nitrogens is 1. The summed E-state index contributed by atoms with van der Waals surface area (Å²) in [6.07, 6.45) is 1.24. The Bertz CT molecular complexity index is 707. The van der Waals surface area contributed by atoms with Gasteiger partial charge in [0.25, 0.3) is 11.5 Å². The molecule has 2 rings (SSSR count). The van der Waals surface area contributed by atoms with Crippen molar-refractivity contribution >= 4 is 11.6 Å². The van der Waals surface area contributed by atoms with E-state index in [0.717, 1.165) is 0 Å². The monoisotopic (exact) mass is 287 g/mol. The van der Waals surface area contributed by atoms with Crippen LogP contribution in [0.4, 0.5) is 5.69 Å². The third-order valence-corrected chi connectivity index (χ3v) is 2.67. The Hall–Kier alpha value is -2.63. The fourth-order valence-electron chi connectivity index (χ4n) is 1.76. The number of nitrogens with zero attached hydrogens (tertiary/aromatic N) is 1. The highest BCUT2D eigenvalue weighted by atomic mass is 16.5. The van der Waals surface area contributed by atoms with Crippen LogP contribution < -0.4 is 15.6 Å². The Morgan fingerprint density at radius 2 is 2.05 bits per heavy atom. The molecule has 0 unspecified atom stereocenters. The first-order valence-corrected chi connectivity index (χ1v) is 6.60. The van der Waals surface area contributed by atoms with Gasteiger partial charge in [0.15, 0.2) is 0 Å². The maximum atomic E-state index is 12.2. The molecule has 0 atom stereocenters. The van der Waals surface area contributed by atoms with Gasteiger partial charge < -0.3 is 15.0 Å². The molecule has 6 heteroatoms. The summed E-state index contributed by atoms with van der Waals surface area (Å²) in [7, 11) is 0. The van der Waals surface area contributed by atoms with Gasteiger partial charge in [-0.3, -0.25) is 9.59 Å². The molecular formula is C15H17N3O3. The zero-order valence-electron chi connectivity index (χ0n) is 12.1. The Labute approximate surface area is 122 Å². The summed E-state index contributed by atoms with van der Waals surface area (Å²) in [6, 6.07) is 7.06. The van der Waals surface area contributed by atoms with Crippen molar-refractivity contribution in [3.05, 3.63) is 52.2 Å². The van der Waals surface area contributed by atoms with Crippen molar-refractivity contribution < 1.29 is 9.53 Å².